The van der Waals surface area contributed by atoms with Gasteiger partial charge in [0.15, 0.2) is 0 Å². The molecule has 4 nitrogen and oxygen atoms in total. The predicted molar refractivity (Wildman–Crippen MR) is 55.4 cm³/mol. The van der Waals surface area contributed by atoms with Gasteiger partial charge in [-0.05, 0) is 18.2 Å². The maximum Gasteiger partial charge on any atom is 0.337 e. The van der Waals surface area contributed by atoms with Crippen LogP contribution in [0.15, 0.2) is 18.2 Å². The van der Waals surface area contributed by atoms with E-state index in [2.05, 4.69) is 11.2 Å². The quantitative estimate of drug-likeness (QED) is 0.760. The molecule has 0 aliphatic rings. The second-order valence-corrected chi connectivity index (χ2v) is 2.92. The van der Waals surface area contributed by atoms with Crippen molar-refractivity contribution in [1.82, 2.24) is 0 Å². The third-order valence-electron chi connectivity index (χ3n) is 1.75. The zero-order valence-electron chi connectivity index (χ0n) is 8.16. The molecule has 2 N–H and O–H groups in total. The summed E-state index contributed by atoms with van der Waals surface area (Å²) in [6.07, 6.45) is 4.71. The van der Waals surface area contributed by atoms with Crippen LogP contribution in [0.5, 0.6) is 0 Å². The van der Waals surface area contributed by atoms with Crippen molar-refractivity contribution in [1.29, 1.82) is 0 Å². The lowest BCUT2D eigenvalue weighted by Crippen LogP contribution is -2.13. The molecule has 0 unspecified atom stereocenters. The van der Waals surface area contributed by atoms with Crippen molar-refractivity contribution in [2.75, 3.05) is 5.32 Å². The number of nitrogens with one attached hydrogen (secondary N) is 1. The SMILES string of the molecule is C#CCC(=O)Nc1cc(F)ccc1C(=O)O. The Morgan fingerprint density at radius 2 is 2.19 bits per heavy atom. The van der Waals surface area contributed by atoms with Crippen LogP contribution < -0.4 is 5.32 Å². The first-order valence-electron chi connectivity index (χ1n) is 4.30. The first-order chi connectivity index (χ1) is 7.54. The van der Waals surface area contributed by atoms with Crippen LogP contribution in [0, 0.1) is 18.2 Å². The maximum atomic E-state index is 12.9. The normalized spacial score (nSPS) is 9.25. The Morgan fingerprint density at radius 3 is 2.75 bits per heavy atom. The van der Waals surface area contributed by atoms with E-state index in [4.69, 9.17) is 11.5 Å². The number of carbonyl (C=O) groups is 2. The van der Waals surface area contributed by atoms with E-state index in [1.54, 1.807) is 0 Å². The number of benzene rings is 1. The smallest absolute Gasteiger partial charge is 0.337 e. The molecule has 16 heavy (non-hydrogen) atoms. The number of rotatable bonds is 3. The van der Waals surface area contributed by atoms with Crippen LogP contribution in [0.1, 0.15) is 16.8 Å². The Labute approximate surface area is 91.1 Å². The molecule has 1 aromatic rings. The predicted octanol–water partition coefficient (Wildman–Crippen LogP) is 1.49. The number of hydrogen-bond acceptors (Lipinski definition) is 2. The molecule has 0 aliphatic carbocycles. The van der Waals surface area contributed by atoms with Crippen molar-refractivity contribution in [3.63, 3.8) is 0 Å². The van der Waals surface area contributed by atoms with Crippen molar-refractivity contribution in [2.24, 2.45) is 0 Å². The summed E-state index contributed by atoms with van der Waals surface area (Å²) in [4.78, 5) is 21.9. The first kappa shape index (κ1) is 11.7. The number of terminal acetylenes is 1. The van der Waals surface area contributed by atoms with Gasteiger partial charge in [0.05, 0.1) is 17.7 Å². The molecule has 1 rings (SSSR count). The van der Waals surface area contributed by atoms with Crippen molar-refractivity contribution in [3.8, 4) is 12.3 Å². The van der Waals surface area contributed by atoms with Crippen LogP contribution >= 0.6 is 0 Å². The molecular weight excluding hydrogens is 213 g/mol. The third kappa shape index (κ3) is 2.82. The highest BCUT2D eigenvalue weighted by Gasteiger charge is 2.12. The van der Waals surface area contributed by atoms with Crippen molar-refractivity contribution in [3.05, 3.63) is 29.6 Å². The Kier molecular flexibility index (Phi) is 3.62. The highest BCUT2D eigenvalue weighted by molar-refractivity contribution is 6.00. The van der Waals surface area contributed by atoms with Crippen LogP contribution in [0.25, 0.3) is 0 Å². The van der Waals surface area contributed by atoms with Gasteiger partial charge in [0.1, 0.15) is 5.82 Å². The van der Waals surface area contributed by atoms with Crippen LogP contribution in [-0.4, -0.2) is 17.0 Å². The molecule has 0 aliphatic heterocycles. The average molecular weight is 221 g/mol. The average Bonchev–Trinajstić information content (AvgIpc) is 2.17. The number of hydrogen-bond donors (Lipinski definition) is 2. The van der Waals surface area contributed by atoms with Gasteiger partial charge in [-0.15, -0.1) is 6.42 Å². The van der Waals surface area contributed by atoms with E-state index in [-0.39, 0.29) is 17.7 Å². The van der Waals surface area contributed by atoms with Gasteiger partial charge in [-0.2, -0.15) is 0 Å². The first-order valence-corrected chi connectivity index (χ1v) is 4.30. The van der Waals surface area contributed by atoms with Crippen LogP contribution in [-0.2, 0) is 4.79 Å². The van der Waals surface area contributed by atoms with Crippen molar-refractivity contribution in [2.45, 2.75) is 6.42 Å². The molecule has 0 aromatic heterocycles. The molecule has 0 fully saturated rings. The molecule has 0 heterocycles. The Bertz CT molecular complexity index is 477. The van der Waals surface area contributed by atoms with Crippen LogP contribution in [0.2, 0.25) is 0 Å². The van der Waals surface area contributed by atoms with Gasteiger partial charge in [-0.3, -0.25) is 4.79 Å². The second-order valence-electron chi connectivity index (χ2n) is 2.92. The van der Waals surface area contributed by atoms with E-state index in [1.807, 2.05) is 0 Å². The number of amides is 1. The minimum atomic E-state index is -1.25. The highest BCUT2D eigenvalue weighted by Crippen LogP contribution is 2.17. The van der Waals surface area contributed by atoms with E-state index < -0.39 is 17.7 Å². The molecular formula is C11H8FNO3. The topological polar surface area (TPSA) is 66.4 Å². The van der Waals surface area contributed by atoms with Crippen molar-refractivity contribution < 1.29 is 19.1 Å². The molecule has 82 valence electrons. The maximum absolute atomic E-state index is 12.9. The number of carboxylic acid groups (broad SMARTS) is 1. The molecule has 5 heteroatoms. The largest absolute Gasteiger partial charge is 0.478 e. The number of carbonyl (C=O) groups excluding carboxylic acids is 1. The van der Waals surface area contributed by atoms with E-state index >= 15 is 0 Å². The summed E-state index contributed by atoms with van der Waals surface area (Å²) >= 11 is 0. The lowest BCUT2D eigenvalue weighted by Gasteiger charge is -2.06. The summed E-state index contributed by atoms with van der Waals surface area (Å²) < 4.78 is 12.9. The van der Waals surface area contributed by atoms with E-state index in [0.29, 0.717) is 0 Å². The van der Waals surface area contributed by atoms with E-state index in [1.165, 1.54) is 0 Å². The fourth-order valence-corrected chi connectivity index (χ4v) is 1.09. The summed E-state index contributed by atoms with van der Waals surface area (Å²) in [6.45, 7) is 0. The van der Waals surface area contributed by atoms with Gasteiger partial charge < -0.3 is 10.4 Å². The minimum absolute atomic E-state index is 0.104. The molecule has 0 saturated heterocycles. The van der Waals surface area contributed by atoms with Gasteiger partial charge in [0.25, 0.3) is 0 Å². The molecule has 1 aromatic carbocycles. The summed E-state index contributed by atoms with van der Waals surface area (Å²) in [5, 5.41) is 11.0. The number of carboxylic acids is 1. The Hall–Kier alpha value is -2.35. The lowest BCUT2D eigenvalue weighted by molar-refractivity contribution is -0.115. The number of halogens is 1. The minimum Gasteiger partial charge on any atom is -0.478 e. The van der Waals surface area contributed by atoms with Gasteiger partial charge in [-0.25, -0.2) is 9.18 Å². The lowest BCUT2D eigenvalue weighted by atomic mass is 10.1. The molecule has 0 atom stereocenters. The fourth-order valence-electron chi connectivity index (χ4n) is 1.09. The van der Waals surface area contributed by atoms with Crippen LogP contribution in [0.3, 0.4) is 0 Å². The molecule has 0 saturated carbocycles. The summed E-state index contributed by atoms with van der Waals surface area (Å²) in [5.41, 5.74) is -0.292. The fraction of sp³-hybridized carbons (Fsp3) is 0.0909. The Balaban J connectivity index is 3.02. The zero-order valence-corrected chi connectivity index (χ0v) is 8.16. The molecule has 0 bridgehead atoms. The Morgan fingerprint density at radius 1 is 1.50 bits per heavy atom. The molecule has 0 spiro atoms. The standard InChI is InChI=1S/C11H8FNO3/c1-2-3-10(14)13-9-6-7(12)4-5-8(9)11(15)16/h1,4-6H,3H2,(H,13,14)(H,15,16). The van der Waals surface area contributed by atoms with E-state index in [9.17, 15) is 14.0 Å². The zero-order chi connectivity index (χ0) is 12.1. The molecule has 0 radical (unpaired) electrons. The highest BCUT2D eigenvalue weighted by atomic mass is 19.1. The molecule has 1 amide bonds. The van der Waals surface area contributed by atoms with E-state index in [0.717, 1.165) is 18.2 Å². The monoisotopic (exact) mass is 221 g/mol. The van der Waals surface area contributed by atoms with Crippen molar-refractivity contribution >= 4 is 17.6 Å². The van der Waals surface area contributed by atoms with Gasteiger partial charge in [-0.1, -0.05) is 5.92 Å². The second kappa shape index (κ2) is 4.94. The number of aromatic carboxylic acids is 1. The summed E-state index contributed by atoms with van der Waals surface area (Å²) in [6, 6.07) is 3.00. The summed E-state index contributed by atoms with van der Waals surface area (Å²) in [7, 11) is 0. The summed E-state index contributed by atoms with van der Waals surface area (Å²) in [5.74, 6) is -0.353. The van der Waals surface area contributed by atoms with Gasteiger partial charge in [0.2, 0.25) is 5.91 Å². The van der Waals surface area contributed by atoms with Gasteiger partial charge >= 0.3 is 5.97 Å². The van der Waals surface area contributed by atoms with Gasteiger partial charge in [0, 0.05) is 0 Å². The third-order valence-corrected chi connectivity index (χ3v) is 1.75. The van der Waals surface area contributed by atoms with Crippen LogP contribution in [0.4, 0.5) is 10.1 Å². The number of anilines is 1.